The van der Waals surface area contributed by atoms with Gasteiger partial charge in [-0.05, 0) is 75.3 Å². The van der Waals surface area contributed by atoms with Gasteiger partial charge in [0.25, 0.3) is 0 Å². The van der Waals surface area contributed by atoms with Crippen LogP contribution in [0.25, 0.3) is 76.9 Å². The molecule has 58 heavy (non-hydrogen) atoms. The molecule has 0 bridgehead atoms. The van der Waals surface area contributed by atoms with Crippen LogP contribution in [0.1, 0.15) is 0 Å². The Morgan fingerprint density at radius 3 is 1.52 bits per heavy atom. The maximum Gasteiger partial charge on any atom is 0.179 e. The molecular weight excluding hydrogens is 723 g/mol. The molecule has 4 nitrogen and oxygen atoms in total. The predicted octanol–water partition coefficient (Wildman–Crippen LogP) is 10.6. The zero-order chi connectivity index (χ0) is 38.2. The number of hydrogen-bond acceptors (Lipinski definition) is 2. The highest BCUT2D eigenvalue weighted by atomic mass is 28.3. The minimum Gasteiger partial charge on any atom is -0.456 e. The molecule has 0 aliphatic heterocycles. The van der Waals surface area contributed by atoms with Gasteiger partial charge in [-0.15, -0.1) is 0 Å². The molecule has 12 aromatic rings. The van der Waals surface area contributed by atoms with Gasteiger partial charge in [-0.1, -0.05) is 140 Å². The summed E-state index contributed by atoms with van der Waals surface area (Å²) in [4.78, 5) is 4.59. The van der Waals surface area contributed by atoms with E-state index in [0.29, 0.717) is 0 Å². The summed E-state index contributed by atoms with van der Waals surface area (Å²) in [5, 5.41) is 12.4. The van der Waals surface area contributed by atoms with Gasteiger partial charge < -0.3 is 13.6 Å². The van der Waals surface area contributed by atoms with E-state index in [0.717, 1.165) is 44.3 Å². The zero-order valence-electron chi connectivity index (χ0n) is 31.5. The first-order chi connectivity index (χ1) is 28.8. The SMILES string of the molecule is c1ccc([Si](c2ccccc2)(c2cccc(-n3c4ccccc4c4ccncc43)c2)c2cccc(-n3c4ccccc4c4cc5c(cc43)oc3ccccc35)c2)cc1. The fraction of sp³-hybridized carbons (Fsp3) is 0. The smallest absolute Gasteiger partial charge is 0.179 e. The van der Waals surface area contributed by atoms with Crippen molar-refractivity contribution in [1.82, 2.24) is 14.1 Å². The van der Waals surface area contributed by atoms with Crippen molar-refractivity contribution in [2.75, 3.05) is 0 Å². The Morgan fingerprint density at radius 1 is 0.345 bits per heavy atom. The Morgan fingerprint density at radius 2 is 0.862 bits per heavy atom. The van der Waals surface area contributed by atoms with Crippen molar-refractivity contribution in [3.63, 3.8) is 0 Å². The Balaban J connectivity index is 1.15. The lowest BCUT2D eigenvalue weighted by Gasteiger charge is -2.35. The summed E-state index contributed by atoms with van der Waals surface area (Å²) in [6.07, 6.45) is 3.89. The summed E-state index contributed by atoms with van der Waals surface area (Å²) in [5.41, 5.74) is 8.59. The van der Waals surface area contributed by atoms with E-state index in [4.69, 9.17) is 4.42 Å². The van der Waals surface area contributed by atoms with Gasteiger partial charge in [0.1, 0.15) is 11.2 Å². The lowest BCUT2D eigenvalue weighted by atomic mass is 10.1. The van der Waals surface area contributed by atoms with Gasteiger partial charge in [0.15, 0.2) is 8.07 Å². The number of benzene rings is 8. The molecule has 0 radical (unpaired) electrons. The normalized spacial score (nSPS) is 12.1. The van der Waals surface area contributed by atoms with Crippen LogP contribution in [0.3, 0.4) is 0 Å². The zero-order valence-corrected chi connectivity index (χ0v) is 32.5. The van der Waals surface area contributed by atoms with Gasteiger partial charge in [0.2, 0.25) is 0 Å². The van der Waals surface area contributed by atoms with Crippen LogP contribution >= 0.6 is 0 Å². The summed E-state index contributed by atoms with van der Waals surface area (Å²) in [6, 6.07) is 73.4. The molecule has 0 unspecified atom stereocenters. The van der Waals surface area contributed by atoms with E-state index in [2.05, 4.69) is 208 Å². The highest BCUT2D eigenvalue weighted by Crippen LogP contribution is 2.38. The second-order valence-electron chi connectivity index (χ2n) is 15.1. The first-order valence-electron chi connectivity index (χ1n) is 19.8. The van der Waals surface area contributed by atoms with Crippen LogP contribution < -0.4 is 20.7 Å². The van der Waals surface area contributed by atoms with E-state index in [1.807, 2.05) is 18.5 Å². The average molecular weight is 758 g/mol. The van der Waals surface area contributed by atoms with Crippen molar-refractivity contribution in [3.8, 4) is 11.4 Å². The Kier molecular flexibility index (Phi) is 7.21. The van der Waals surface area contributed by atoms with Crippen molar-refractivity contribution < 1.29 is 4.42 Å². The molecule has 0 saturated carbocycles. The maximum absolute atomic E-state index is 6.48. The lowest BCUT2D eigenvalue weighted by molar-refractivity contribution is 0.669. The number of hydrogen-bond donors (Lipinski definition) is 0. The van der Waals surface area contributed by atoms with E-state index in [-0.39, 0.29) is 0 Å². The quantitative estimate of drug-likeness (QED) is 0.125. The van der Waals surface area contributed by atoms with Crippen LogP contribution in [-0.2, 0) is 0 Å². The van der Waals surface area contributed by atoms with Crippen molar-refractivity contribution in [2.24, 2.45) is 0 Å². The molecule has 0 fully saturated rings. The van der Waals surface area contributed by atoms with Gasteiger partial charge in [-0.25, -0.2) is 0 Å². The second-order valence-corrected chi connectivity index (χ2v) is 19.0. The number of fused-ring (bicyclic) bond motifs is 9. The lowest BCUT2D eigenvalue weighted by Crippen LogP contribution is -2.74. The van der Waals surface area contributed by atoms with Crippen LogP contribution in [-0.4, -0.2) is 22.2 Å². The highest BCUT2D eigenvalue weighted by molar-refractivity contribution is 7.20. The van der Waals surface area contributed by atoms with Crippen molar-refractivity contribution in [1.29, 1.82) is 0 Å². The molecule has 12 rings (SSSR count). The Hall–Kier alpha value is -7.47. The number of aromatic nitrogens is 3. The van der Waals surface area contributed by atoms with Crippen molar-refractivity contribution >= 4 is 94.4 Å². The van der Waals surface area contributed by atoms with Gasteiger partial charge >= 0.3 is 0 Å². The van der Waals surface area contributed by atoms with E-state index >= 15 is 0 Å². The molecule has 0 N–H and O–H groups in total. The Bertz CT molecular complexity index is 3430. The molecule has 5 heteroatoms. The minimum atomic E-state index is -2.98. The van der Waals surface area contributed by atoms with Crippen molar-refractivity contribution in [2.45, 2.75) is 0 Å². The van der Waals surface area contributed by atoms with Gasteiger partial charge in [-0.3, -0.25) is 4.98 Å². The fourth-order valence-corrected chi connectivity index (χ4v) is 14.5. The average Bonchev–Trinajstić information content (AvgIpc) is 3.94. The number of pyridine rings is 1. The molecule has 4 heterocycles. The molecular formula is C53H35N3OSi. The molecule has 0 spiro atoms. The topological polar surface area (TPSA) is 35.9 Å². The number of rotatable bonds is 6. The molecule has 4 aromatic heterocycles. The maximum atomic E-state index is 6.48. The second kappa shape index (κ2) is 12.8. The molecule has 0 saturated heterocycles. The van der Waals surface area contributed by atoms with Crippen LogP contribution in [0.5, 0.6) is 0 Å². The summed E-state index contributed by atoms with van der Waals surface area (Å²) in [6.45, 7) is 0. The molecule has 0 aliphatic rings. The molecule has 0 atom stereocenters. The first kappa shape index (κ1) is 32.7. The van der Waals surface area contributed by atoms with Crippen LogP contribution in [0.4, 0.5) is 0 Å². The van der Waals surface area contributed by atoms with Crippen molar-refractivity contribution in [3.05, 3.63) is 213 Å². The van der Waals surface area contributed by atoms with Crippen LogP contribution in [0.15, 0.2) is 217 Å². The van der Waals surface area contributed by atoms with Gasteiger partial charge in [-0.2, -0.15) is 0 Å². The van der Waals surface area contributed by atoms with Crippen LogP contribution in [0, 0.1) is 0 Å². The monoisotopic (exact) mass is 757 g/mol. The standard InChI is InChI=1S/C53H35N3OSi/c1-3-17-38(18-4-1)58(39-19-5-2-6-20-39,41-22-14-16-37(32-41)56-48-26-10-7-23-42(48)44-29-30-54-35-51(44)56)40-21-13-15-36(31-40)55-49-27-11-8-24-43(49)46-33-47-45-25-9-12-28-52(45)57-53(47)34-50(46)55/h1-35H. The predicted molar refractivity (Wildman–Crippen MR) is 244 cm³/mol. The molecule has 8 aromatic carbocycles. The van der Waals surface area contributed by atoms with Gasteiger partial charge in [0.05, 0.1) is 28.3 Å². The van der Waals surface area contributed by atoms with Crippen LogP contribution in [0.2, 0.25) is 0 Å². The third kappa shape index (κ3) is 4.71. The van der Waals surface area contributed by atoms with Gasteiger partial charge in [0, 0.05) is 56.0 Å². The van der Waals surface area contributed by atoms with E-state index in [1.54, 1.807) is 0 Å². The number of para-hydroxylation sites is 3. The summed E-state index contributed by atoms with van der Waals surface area (Å²) >= 11 is 0. The largest absolute Gasteiger partial charge is 0.456 e. The van der Waals surface area contributed by atoms with E-state index in [9.17, 15) is 0 Å². The number of furan rings is 1. The summed E-state index contributed by atoms with van der Waals surface area (Å²) < 4.78 is 11.3. The molecule has 272 valence electrons. The molecule has 0 aliphatic carbocycles. The third-order valence-electron chi connectivity index (χ3n) is 12.1. The van der Waals surface area contributed by atoms with E-state index < -0.39 is 8.07 Å². The third-order valence-corrected chi connectivity index (χ3v) is 16.9. The molecule has 0 amide bonds. The summed E-state index contributed by atoms with van der Waals surface area (Å²) in [7, 11) is -2.98. The fourth-order valence-electron chi connectivity index (χ4n) is 9.69. The van der Waals surface area contributed by atoms with E-state index in [1.165, 1.54) is 53.3 Å². The highest BCUT2D eigenvalue weighted by Gasteiger charge is 2.42. The first-order valence-corrected chi connectivity index (χ1v) is 21.8. The minimum absolute atomic E-state index is 0.892. The summed E-state index contributed by atoms with van der Waals surface area (Å²) in [5.74, 6) is 0. The Labute approximate surface area is 335 Å². The number of nitrogens with zero attached hydrogens (tertiary/aromatic N) is 3.